The van der Waals surface area contributed by atoms with Crippen LogP contribution in [0, 0.1) is 12.8 Å². The molecule has 0 N–H and O–H groups in total. The Morgan fingerprint density at radius 3 is 2.83 bits per heavy atom. The van der Waals surface area contributed by atoms with Gasteiger partial charge in [-0.05, 0) is 43.4 Å². The van der Waals surface area contributed by atoms with E-state index in [0.717, 1.165) is 29.8 Å². The average molecular weight is 416 g/mol. The number of para-hydroxylation sites is 1. The van der Waals surface area contributed by atoms with E-state index in [2.05, 4.69) is 18.9 Å². The van der Waals surface area contributed by atoms with E-state index in [0.29, 0.717) is 29.7 Å². The Bertz CT molecular complexity index is 933. The van der Waals surface area contributed by atoms with Crippen LogP contribution in [0.2, 0.25) is 5.15 Å². The third kappa shape index (κ3) is 5.07. The van der Waals surface area contributed by atoms with Gasteiger partial charge in [-0.25, -0.2) is 4.79 Å². The largest absolute Gasteiger partial charge is 0.452 e. The van der Waals surface area contributed by atoms with Gasteiger partial charge in [0.2, 0.25) is 0 Å². The maximum Gasteiger partial charge on any atom is 0.331 e. The summed E-state index contributed by atoms with van der Waals surface area (Å²) in [4.78, 5) is 26.3. The van der Waals surface area contributed by atoms with E-state index in [9.17, 15) is 9.59 Å². The molecular formula is C22H26ClN3O3. The third-order valence-electron chi connectivity index (χ3n) is 4.78. The number of esters is 1. The summed E-state index contributed by atoms with van der Waals surface area (Å²) < 4.78 is 6.88. The summed E-state index contributed by atoms with van der Waals surface area (Å²) >= 11 is 6.37. The zero-order valence-electron chi connectivity index (χ0n) is 17.0. The van der Waals surface area contributed by atoms with Crippen LogP contribution in [0.4, 0.5) is 5.69 Å². The highest BCUT2D eigenvalue weighted by atomic mass is 35.5. The summed E-state index contributed by atoms with van der Waals surface area (Å²) in [5, 5.41) is 4.89. The molecule has 3 rings (SSSR count). The second-order valence-electron chi connectivity index (χ2n) is 7.58. The molecule has 0 saturated carbocycles. The molecule has 154 valence electrons. The van der Waals surface area contributed by atoms with E-state index in [1.807, 2.05) is 31.2 Å². The maximum atomic E-state index is 12.5. The number of aromatic nitrogens is 2. The summed E-state index contributed by atoms with van der Waals surface area (Å²) in [7, 11) is 0. The molecule has 2 aromatic rings. The first-order valence-electron chi connectivity index (χ1n) is 9.83. The lowest BCUT2D eigenvalue weighted by Gasteiger charge is -2.29. The van der Waals surface area contributed by atoms with Crippen LogP contribution in [-0.2, 0) is 27.3 Å². The number of aryl methyl sites for hydroxylation is 2. The summed E-state index contributed by atoms with van der Waals surface area (Å²) in [6, 6.07) is 7.82. The van der Waals surface area contributed by atoms with Crippen LogP contribution in [0.3, 0.4) is 0 Å². The average Bonchev–Trinajstić information content (AvgIpc) is 2.96. The molecular weight excluding hydrogens is 390 g/mol. The molecule has 0 radical (unpaired) electrons. The first kappa shape index (κ1) is 21.1. The number of hydrogen-bond acceptors (Lipinski definition) is 4. The normalized spacial score (nSPS) is 13.8. The Morgan fingerprint density at radius 1 is 1.31 bits per heavy atom. The number of benzene rings is 1. The molecule has 29 heavy (non-hydrogen) atoms. The molecule has 1 aromatic heterocycles. The standard InChI is InChI=1S/C22H26ClN3O3/c1-15(2)13-26-22(23)18(16(3)24-26)10-11-21(28)29-14-20(27)25-12-6-8-17-7-4-5-9-19(17)25/h4-5,7,9-11,15H,6,8,12-14H2,1-3H3/b11-10+. The lowest BCUT2D eigenvalue weighted by molar-refractivity contribution is -0.142. The Labute approximate surface area is 176 Å². The Hall–Kier alpha value is -2.60. The van der Waals surface area contributed by atoms with Gasteiger partial charge in [-0.2, -0.15) is 5.10 Å². The van der Waals surface area contributed by atoms with Crippen molar-refractivity contribution in [2.24, 2.45) is 5.92 Å². The first-order valence-corrected chi connectivity index (χ1v) is 10.2. The van der Waals surface area contributed by atoms with Gasteiger partial charge in [0.05, 0.1) is 5.69 Å². The number of fused-ring (bicyclic) bond motifs is 1. The molecule has 1 amide bonds. The van der Waals surface area contributed by atoms with E-state index < -0.39 is 5.97 Å². The molecule has 0 unspecified atom stereocenters. The van der Waals surface area contributed by atoms with Crippen molar-refractivity contribution < 1.29 is 14.3 Å². The molecule has 6 nitrogen and oxygen atoms in total. The van der Waals surface area contributed by atoms with Crippen molar-refractivity contribution in [2.45, 2.75) is 40.2 Å². The van der Waals surface area contributed by atoms with Gasteiger partial charge in [0.15, 0.2) is 6.61 Å². The highest BCUT2D eigenvalue weighted by Crippen LogP contribution is 2.26. The predicted octanol–water partition coefficient (Wildman–Crippen LogP) is 4.04. The van der Waals surface area contributed by atoms with Gasteiger partial charge in [-0.3, -0.25) is 9.48 Å². The Kier molecular flexibility index (Phi) is 6.75. The van der Waals surface area contributed by atoms with Crippen molar-refractivity contribution in [3.63, 3.8) is 0 Å². The van der Waals surface area contributed by atoms with E-state index >= 15 is 0 Å². The molecule has 0 atom stereocenters. The summed E-state index contributed by atoms with van der Waals surface area (Å²) in [5.74, 6) is -0.409. The number of rotatable bonds is 6. The summed E-state index contributed by atoms with van der Waals surface area (Å²) in [6.07, 6.45) is 4.72. The minimum absolute atomic E-state index is 0.224. The van der Waals surface area contributed by atoms with E-state index in [1.54, 1.807) is 15.7 Å². The van der Waals surface area contributed by atoms with Gasteiger partial charge < -0.3 is 9.64 Å². The second kappa shape index (κ2) is 9.27. The Morgan fingerprint density at radius 2 is 2.07 bits per heavy atom. The van der Waals surface area contributed by atoms with Crippen molar-refractivity contribution in [2.75, 3.05) is 18.1 Å². The monoisotopic (exact) mass is 415 g/mol. The quantitative estimate of drug-likeness (QED) is 0.527. The molecule has 0 fully saturated rings. The molecule has 1 aliphatic rings. The van der Waals surface area contributed by atoms with Crippen LogP contribution >= 0.6 is 11.6 Å². The minimum Gasteiger partial charge on any atom is -0.452 e. The summed E-state index contributed by atoms with van der Waals surface area (Å²) in [6.45, 7) is 7.04. The maximum absolute atomic E-state index is 12.5. The van der Waals surface area contributed by atoms with Crippen LogP contribution in [0.1, 0.15) is 37.1 Å². The van der Waals surface area contributed by atoms with Crippen LogP contribution in [0.15, 0.2) is 30.3 Å². The fourth-order valence-corrected chi connectivity index (χ4v) is 3.73. The van der Waals surface area contributed by atoms with Crippen LogP contribution < -0.4 is 4.90 Å². The van der Waals surface area contributed by atoms with Crippen LogP contribution in [-0.4, -0.2) is 34.8 Å². The fourth-order valence-electron chi connectivity index (χ4n) is 3.43. The smallest absolute Gasteiger partial charge is 0.331 e. The number of ether oxygens (including phenoxy) is 1. The number of halogens is 1. The predicted molar refractivity (Wildman–Crippen MR) is 114 cm³/mol. The van der Waals surface area contributed by atoms with Gasteiger partial charge in [0.25, 0.3) is 5.91 Å². The Balaban J connectivity index is 1.60. The van der Waals surface area contributed by atoms with E-state index in [4.69, 9.17) is 16.3 Å². The zero-order chi connectivity index (χ0) is 21.0. The molecule has 0 saturated heterocycles. The van der Waals surface area contributed by atoms with Crippen LogP contribution in [0.25, 0.3) is 6.08 Å². The number of amides is 1. The molecule has 1 aliphatic heterocycles. The molecule has 2 heterocycles. The van der Waals surface area contributed by atoms with Crippen LogP contribution in [0.5, 0.6) is 0 Å². The first-order chi connectivity index (χ1) is 13.9. The fraction of sp³-hybridized carbons (Fsp3) is 0.409. The SMILES string of the molecule is Cc1nn(CC(C)C)c(Cl)c1/C=C/C(=O)OCC(=O)N1CCCc2ccccc21. The molecule has 0 aliphatic carbocycles. The third-order valence-corrected chi connectivity index (χ3v) is 5.18. The molecule has 0 bridgehead atoms. The number of carbonyl (C=O) groups excluding carboxylic acids is 2. The van der Waals surface area contributed by atoms with Gasteiger partial charge in [-0.15, -0.1) is 0 Å². The van der Waals surface area contributed by atoms with Crippen molar-refractivity contribution in [1.29, 1.82) is 0 Å². The van der Waals surface area contributed by atoms with Crippen molar-refractivity contribution in [1.82, 2.24) is 9.78 Å². The van der Waals surface area contributed by atoms with Crippen molar-refractivity contribution >= 4 is 35.2 Å². The zero-order valence-corrected chi connectivity index (χ0v) is 17.8. The highest BCUT2D eigenvalue weighted by molar-refractivity contribution is 6.31. The van der Waals surface area contributed by atoms with Gasteiger partial charge in [0.1, 0.15) is 5.15 Å². The topological polar surface area (TPSA) is 64.4 Å². The van der Waals surface area contributed by atoms with Gasteiger partial charge >= 0.3 is 5.97 Å². The summed E-state index contributed by atoms with van der Waals surface area (Å²) in [5.41, 5.74) is 3.46. The molecule has 0 spiro atoms. The highest BCUT2D eigenvalue weighted by Gasteiger charge is 2.22. The number of anilines is 1. The second-order valence-corrected chi connectivity index (χ2v) is 7.94. The number of hydrogen-bond donors (Lipinski definition) is 0. The molecule has 1 aromatic carbocycles. The van der Waals surface area contributed by atoms with Crippen molar-refractivity contribution in [3.8, 4) is 0 Å². The number of nitrogens with zero attached hydrogens (tertiary/aromatic N) is 3. The van der Waals surface area contributed by atoms with Crippen molar-refractivity contribution in [3.05, 3.63) is 52.3 Å². The lowest BCUT2D eigenvalue weighted by Crippen LogP contribution is -2.38. The lowest BCUT2D eigenvalue weighted by atomic mass is 10.0. The molecule has 7 heteroatoms. The number of carbonyl (C=O) groups is 2. The van der Waals surface area contributed by atoms with Gasteiger partial charge in [0, 0.05) is 30.4 Å². The minimum atomic E-state index is -0.587. The van der Waals surface area contributed by atoms with E-state index in [-0.39, 0.29) is 12.5 Å². The van der Waals surface area contributed by atoms with Gasteiger partial charge in [-0.1, -0.05) is 43.6 Å². The van der Waals surface area contributed by atoms with E-state index in [1.165, 1.54) is 6.08 Å².